The summed E-state index contributed by atoms with van der Waals surface area (Å²) >= 11 is 3.31. The Morgan fingerprint density at radius 2 is 2.09 bits per heavy atom. The molecule has 1 heterocycles. The number of likely N-dealkylation sites (tertiary alicyclic amines) is 1. The second-order valence-corrected chi connectivity index (χ2v) is 6.51. The van der Waals surface area contributed by atoms with Gasteiger partial charge in [-0.15, -0.1) is 0 Å². The number of alkyl halides is 1. The maximum absolute atomic E-state index is 14.1. The highest BCUT2D eigenvalue weighted by Crippen LogP contribution is 2.29. The summed E-state index contributed by atoms with van der Waals surface area (Å²) in [5.74, 6) is -1.41. The van der Waals surface area contributed by atoms with Crippen LogP contribution in [-0.2, 0) is 4.79 Å². The van der Waals surface area contributed by atoms with Crippen molar-refractivity contribution < 1.29 is 23.8 Å². The van der Waals surface area contributed by atoms with Gasteiger partial charge in [0.25, 0.3) is 5.91 Å². The van der Waals surface area contributed by atoms with Crippen molar-refractivity contribution in [3.05, 3.63) is 28.2 Å². The van der Waals surface area contributed by atoms with Crippen LogP contribution in [0.4, 0.5) is 4.39 Å². The molecule has 1 aromatic carbocycles. The van der Waals surface area contributed by atoms with Crippen LogP contribution in [0.3, 0.4) is 0 Å². The molecule has 0 radical (unpaired) electrons. The Hall–Kier alpha value is -1.63. The first-order valence-electron chi connectivity index (χ1n) is 6.90. The highest BCUT2D eigenvalue weighted by atomic mass is 79.9. The van der Waals surface area contributed by atoms with E-state index in [0.717, 1.165) is 0 Å². The van der Waals surface area contributed by atoms with Gasteiger partial charge in [-0.1, -0.05) is 15.9 Å². The van der Waals surface area contributed by atoms with Gasteiger partial charge in [0.05, 0.1) is 12.6 Å². The number of aliphatic carboxylic acids is 1. The minimum Gasteiger partial charge on any atom is -0.491 e. The van der Waals surface area contributed by atoms with E-state index < -0.39 is 24.1 Å². The minimum atomic E-state index is -2.36. The molecule has 0 aliphatic carbocycles. The zero-order valence-corrected chi connectivity index (χ0v) is 13.9. The topological polar surface area (TPSA) is 66.8 Å². The number of carbonyl (C=O) groups excluding carboxylic acids is 1. The molecule has 2 rings (SSSR count). The fourth-order valence-electron chi connectivity index (χ4n) is 2.33. The SMILES string of the molecule is CC(C)Oc1cc(Br)cc(C(=O)N2CCC(F)(C(=O)O)C2)c1. The number of benzene rings is 1. The molecule has 1 aliphatic rings. The Labute approximate surface area is 136 Å². The Balaban J connectivity index is 2.20. The summed E-state index contributed by atoms with van der Waals surface area (Å²) in [4.78, 5) is 24.6. The Kier molecular flexibility index (Phi) is 4.75. The molecule has 0 bridgehead atoms. The third-order valence-electron chi connectivity index (χ3n) is 3.38. The van der Waals surface area contributed by atoms with Gasteiger partial charge in [-0.25, -0.2) is 9.18 Å². The molecule has 120 valence electrons. The molecule has 1 saturated heterocycles. The lowest BCUT2D eigenvalue weighted by Crippen LogP contribution is -2.38. The predicted octanol–water partition coefficient (Wildman–Crippen LogP) is 2.88. The lowest BCUT2D eigenvalue weighted by atomic mass is 10.1. The fourth-order valence-corrected chi connectivity index (χ4v) is 2.80. The standard InChI is InChI=1S/C15H17BrFNO4/c1-9(2)22-12-6-10(5-11(16)7-12)13(19)18-4-3-15(17,8-18)14(20)21/h5-7,9H,3-4,8H2,1-2H3,(H,20,21). The van der Waals surface area contributed by atoms with E-state index in [0.29, 0.717) is 15.8 Å². The summed E-state index contributed by atoms with van der Waals surface area (Å²) in [6, 6.07) is 4.91. The van der Waals surface area contributed by atoms with Gasteiger partial charge in [-0.2, -0.15) is 0 Å². The number of ether oxygens (including phenoxy) is 1. The van der Waals surface area contributed by atoms with Crippen molar-refractivity contribution in [2.24, 2.45) is 0 Å². The molecule has 5 nitrogen and oxygen atoms in total. The van der Waals surface area contributed by atoms with Crippen molar-refractivity contribution in [2.45, 2.75) is 32.0 Å². The van der Waals surface area contributed by atoms with Crippen molar-refractivity contribution >= 4 is 27.8 Å². The molecule has 0 saturated carbocycles. The van der Waals surface area contributed by atoms with Crippen LogP contribution in [0.1, 0.15) is 30.6 Å². The van der Waals surface area contributed by atoms with Crippen LogP contribution in [0.25, 0.3) is 0 Å². The first-order chi connectivity index (χ1) is 10.2. The highest BCUT2D eigenvalue weighted by Gasteiger charge is 2.47. The molecule has 22 heavy (non-hydrogen) atoms. The van der Waals surface area contributed by atoms with Crippen LogP contribution in [-0.4, -0.2) is 46.7 Å². The van der Waals surface area contributed by atoms with Gasteiger partial charge in [0.1, 0.15) is 5.75 Å². The third kappa shape index (κ3) is 3.58. The summed E-state index contributed by atoms with van der Waals surface area (Å²) in [5, 5.41) is 8.89. The number of rotatable bonds is 4. The van der Waals surface area contributed by atoms with Crippen molar-refractivity contribution in [3.8, 4) is 5.75 Å². The summed E-state index contributed by atoms with van der Waals surface area (Å²) in [6.07, 6.45) is -0.244. The lowest BCUT2D eigenvalue weighted by molar-refractivity contribution is -0.149. The largest absolute Gasteiger partial charge is 0.491 e. The molecule has 0 spiro atoms. The molecule has 7 heteroatoms. The van der Waals surface area contributed by atoms with Gasteiger partial charge < -0.3 is 14.7 Å². The van der Waals surface area contributed by atoms with Gasteiger partial charge in [-0.3, -0.25) is 4.79 Å². The molecule has 0 aromatic heterocycles. The summed E-state index contributed by atoms with van der Waals surface area (Å²) in [7, 11) is 0. The van der Waals surface area contributed by atoms with E-state index in [1.807, 2.05) is 13.8 Å². The number of carboxylic acid groups (broad SMARTS) is 1. The molecular weight excluding hydrogens is 357 g/mol. The summed E-state index contributed by atoms with van der Waals surface area (Å²) in [5.41, 5.74) is -2.03. The third-order valence-corrected chi connectivity index (χ3v) is 3.84. The first kappa shape index (κ1) is 16.7. The monoisotopic (exact) mass is 373 g/mol. The van der Waals surface area contributed by atoms with E-state index >= 15 is 0 Å². The van der Waals surface area contributed by atoms with E-state index in [2.05, 4.69) is 15.9 Å². The van der Waals surface area contributed by atoms with Crippen LogP contribution >= 0.6 is 15.9 Å². The van der Waals surface area contributed by atoms with E-state index in [9.17, 15) is 14.0 Å². The molecule has 1 N–H and O–H groups in total. The lowest BCUT2D eigenvalue weighted by Gasteiger charge is -2.19. The van der Waals surface area contributed by atoms with Gasteiger partial charge in [0.15, 0.2) is 0 Å². The van der Waals surface area contributed by atoms with Gasteiger partial charge in [0, 0.05) is 23.0 Å². The van der Waals surface area contributed by atoms with Crippen LogP contribution in [0.5, 0.6) is 5.75 Å². The normalized spacial score (nSPS) is 21.2. The highest BCUT2D eigenvalue weighted by molar-refractivity contribution is 9.10. The van der Waals surface area contributed by atoms with Gasteiger partial charge in [0.2, 0.25) is 5.67 Å². The van der Waals surface area contributed by atoms with E-state index in [-0.39, 0.29) is 19.1 Å². The summed E-state index contributed by atoms with van der Waals surface area (Å²) in [6.45, 7) is 3.38. The van der Waals surface area contributed by atoms with Crippen molar-refractivity contribution in [1.82, 2.24) is 4.90 Å². The number of carboxylic acids is 1. The number of halogens is 2. The first-order valence-corrected chi connectivity index (χ1v) is 7.69. The second kappa shape index (κ2) is 6.24. The Bertz CT molecular complexity index is 607. The molecule has 1 unspecified atom stereocenters. The number of carbonyl (C=O) groups is 2. The van der Waals surface area contributed by atoms with Gasteiger partial charge in [-0.05, 0) is 32.0 Å². The number of hydrogen-bond donors (Lipinski definition) is 1. The molecular formula is C15H17BrFNO4. The zero-order valence-electron chi connectivity index (χ0n) is 12.3. The number of hydrogen-bond acceptors (Lipinski definition) is 3. The smallest absolute Gasteiger partial charge is 0.343 e. The maximum atomic E-state index is 14.1. The second-order valence-electron chi connectivity index (χ2n) is 5.59. The molecule has 1 amide bonds. The van der Waals surface area contributed by atoms with Crippen molar-refractivity contribution in [3.63, 3.8) is 0 Å². The van der Waals surface area contributed by atoms with Crippen LogP contribution in [0.2, 0.25) is 0 Å². The van der Waals surface area contributed by atoms with E-state index in [1.54, 1.807) is 18.2 Å². The van der Waals surface area contributed by atoms with Crippen LogP contribution in [0, 0.1) is 0 Å². The van der Waals surface area contributed by atoms with Gasteiger partial charge >= 0.3 is 5.97 Å². The molecule has 1 aliphatic heterocycles. The van der Waals surface area contributed by atoms with E-state index in [1.165, 1.54) is 4.90 Å². The summed E-state index contributed by atoms with van der Waals surface area (Å²) < 4.78 is 20.3. The predicted molar refractivity (Wildman–Crippen MR) is 81.9 cm³/mol. The molecule has 1 aromatic rings. The fraction of sp³-hybridized carbons (Fsp3) is 0.467. The Morgan fingerprint density at radius 3 is 2.64 bits per heavy atom. The van der Waals surface area contributed by atoms with Crippen molar-refractivity contribution in [2.75, 3.05) is 13.1 Å². The van der Waals surface area contributed by atoms with Crippen molar-refractivity contribution in [1.29, 1.82) is 0 Å². The zero-order chi connectivity index (χ0) is 16.5. The molecule has 1 fully saturated rings. The van der Waals surface area contributed by atoms with E-state index in [4.69, 9.17) is 9.84 Å². The van der Waals surface area contributed by atoms with Crippen LogP contribution < -0.4 is 4.74 Å². The average Bonchev–Trinajstić information content (AvgIpc) is 2.80. The maximum Gasteiger partial charge on any atom is 0.343 e. The number of nitrogens with zero attached hydrogens (tertiary/aromatic N) is 1. The number of amides is 1. The molecule has 1 atom stereocenters. The van der Waals surface area contributed by atoms with Crippen LogP contribution in [0.15, 0.2) is 22.7 Å². The minimum absolute atomic E-state index is 0.0467. The Morgan fingerprint density at radius 1 is 1.41 bits per heavy atom. The quantitative estimate of drug-likeness (QED) is 0.880. The average molecular weight is 374 g/mol.